The number of hydrogen-bond acceptors (Lipinski definition) is 4. The highest BCUT2D eigenvalue weighted by molar-refractivity contribution is 5.59. The summed E-state index contributed by atoms with van der Waals surface area (Å²) in [5, 5.41) is 2.87. The standard InChI is InChI=1S/C7H9N3O/c1-8-7-6(2-3-11)4-9-5-10-7/h3-5H,2H2,1H3,(H,8,9,10). The van der Waals surface area contributed by atoms with Crippen molar-refractivity contribution in [3.63, 3.8) is 0 Å². The van der Waals surface area contributed by atoms with E-state index in [1.54, 1.807) is 13.2 Å². The van der Waals surface area contributed by atoms with E-state index in [-0.39, 0.29) is 0 Å². The quantitative estimate of drug-likeness (QED) is 0.629. The van der Waals surface area contributed by atoms with Crippen LogP contribution in [0, 0.1) is 0 Å². The summed E-state index contributed by atoms with van der Waals surface area (Å²) >= 11 is 0. The van der Waals surface area contributed by atoms with Crippen molar-refractivity contribution < 1.29 is 4.79 Å². The second-order valence-electron chi connectivity index (χ2n) is 2.02. The van der Waals surface area contributed by atoms with E-state index < -0.39 is 0 Å². The molecule has 1 aromatic heterocycles. The number of hydrogen-bond donors (Lipinski definition) is 1. The third-order valence-electron chi connectivity index (χ3n) is 1.33. The fourth-order valence-corrected chi connectivity index (χ4v) is 0.823. The molecule has 0 atom stereocenters. The van der Waals surface area contributed by atoms with Crippen LogP contribution in [0.15, 0.2) is 12.5 Å². The van der Waals surface area contributed by atoms with E-state index in [0.717, 1.165) is 11.8 Å². The summed E-state index contributed by atoms with van der Waals surface area (Å²) in [7, 11) is 1.76. The largest absolute Gasteiger partial charge is 0.373 e. The molecule has 4 nitrogen and oxygen atoms in total. The predicted octanol–water partition coefficient (Wildman–Crippen LogP) is 0.260. The van der Waals surface area contributed by atoms with Crippen molar-refractivity contribution in [2.75, 3.05) is 12.4 Å². The van der Waals surface area contributed by atoms with Gasteiger partial charge in [0.2, 0.25) is 0 Å². The molecular formula is C7H9N3O. The molecule has 0 fully saturated rings. The summed E-state index contributed by atoms with van der Waals surface area (Å²) in [6.07, 6.45) is 4.27. The minimum absolute atomic E-state index is 0.358. The maximum absolute atomic E-state index is 10.2. The average molecular weight is 151 g/mol. The van der Waals surface area contributed by atoms with Crippen LogP contribution in [-0.4, -0.2) is 23.3 Å². The van der Waals surface area contributed by atoms with Crippen LogP contribution in [-0.2, 0) is 11.2 Å². The van der Waals surface area contributed by atoms with E-state index in [1.807, 2.05) is 0 Å². The number of rotatable bonds is 3. The van der Waals surface area contributed by atoms with Crippen LogP contribution in [0.1, 0.15) is 5.56 Å². The van der Waals surface area contributed by atoms with E-state index >= 15 is 0 Å². The van der Waals surface area contributed by atoms with Gasteiger partial charge in [0.15, 0.2) is 0 Å². The number of aromatic nitrogens is 2. The van der Waals surface area contributed by atoms with Gasteiger partial charge in [-0.3, -0.25) is 0 Å². The van der Waals surface area contributed by atoms with Crippen LogP contribution in [0.25, 0.3) is 0 Å². The first kappa shape index (κ1) is 7.65. The molecule has 0 unspecified atom stereocenters. The van der Waals surface area contributed by atoms with Gasteiger partial charge in [0.1, 0.15) is 18.4 Å². The lowest BCUT2D eigenvalue weighted by Gasteiger charge is -2.01. The zero-order valence-corrected chi connectivity index (χ0v) is 6.24. The number of nitrogens with zero attached hydrogens (tertiary/aromatic N) is 2. The van der Waals surface area contributed by atoms with Crippen LogP contribution in [0.4, 0.5) is 5.82 Å². The zero-order valence-electron chi connectivity index (χ0n) is 6.24. The number of nitrogens with one attached hydrogen (secondary N) is 1. The number of anilines is 1. The van der Waals surface area contributed by atoms with Gasteiger partial charge in [-0.25, -0.2) is 9.97 Å². The first-order valence-electron chi connectivity index (χ1n) is 3.28. The van der Waals surface area contributed by atoms with Gasteiger partial charge in [-0.15, -0.1) is 0 Å². The summed E-state index contributed by atoms with van der Waals surface area (Å²) in [5.74, 6) is 0.715. The maximum atomic E-state index is 10.2. The van der Waals surface area contributed by atoms with Crippen LogP contribution in [0.5, 0.6) is 0 Å². The van der Waals surface area contributed by atoms with Gasteiger partial charge in [-0.1, -0.05) is 0 Å². The molecule has 0 spiro atoms. The maximum Gasteiger partial charge on any atom is 0.132 e. The second kappa shape index (κ2) is 3.65. The lowest BCUT2D eigenvalue weighted by molar-refractivity contribution is -0.107. The van der Waals surface area contributed by atoms with E-state index in [1.165, 1.54) is 6.33 Å². The summed E-state index contributed by atoms with van der Waals surface area (Å²) in [5.41, 5.74) is 0.824. The first-order valence-corrected chi connectivity index (χ1v) is 3.28. The minimum atomic E-state index is 0.358. The van der Waals surface area contributed by atoms with E-state index in [9.17, 15) is 4.79 Å². The Kier molecular flexibility index (Phi) is 2.54. The molecule has 4 heteroatoms. The first-order chi connectivity index (χ1) is 5.38. The number of carbonyl (C=O) groups is 1. The highest BCUT2D eigenvalue weighted by atomic mass is 16.1. The molecule has 0 aliphatic carbocycles. The predicted molar refractivity (Wildman–Crippen MR) is 41.3 cm³/mol. The molecule has 58 valence electrons. The monoisotopic (exact) mass is 151 g/mol. The van der Waals surface area contributed by atoms with Crippen LogP contribution >= 0.6 is 0 Å². The van der Waals surface area contributed by atoms with Gasteiger partial charge < -0.3 is 10.1 Å². The molecule has 1 rings (SSSR count). The van der Waals surface area contributed by atoms with Crippen molar-refractivity contribution in [2.24, 2.45) is 0 Å². The highest BCUT2D eigenvalue weighted by Crippen LogP contribution is 2.07. The van der Waals surface area contributed by atoms with Crippen molar-refractivity contribution in [1.29, 1.82) is 0 Å². The van der Waals surface area contributed by atoms with Crippen LogP contribution < -0.4 is 5.32 Å². The van der Waals surface area contributed by atoms with Crippen molar-refractivity contribution in [3.8, 4) is 0 Å². The third kappa shape index (κ3) is 1.73. The molecule has 0 aliphatic rings. The van der Waals surface area contributed by atoms with Gasteiger partial charge in [-0.2, -0.15) is 0 Å². The van der Waals surface area contributed by atoms with Gasteiger partial charge >= 0.3 is 0 Å². The Bertz CT molecular complexity index is 249. The van der Waals surface area contributed by atoms with E-state index in [4.69, 9.17) is 0 Å². The molecule has 0 saturated carbocycles. The molecule has 1 N–H and O–H groups in total. The van der Waals surface area contributed by atoms with Crippen molar-refractivity contribution in [2.45, 2.75) is 6.42 Å². The molecule has 0 aliphatic heterocycles. The lowest BCUT2D eigenvalue weighted by Crippen LogP contribution is -1.99. The van der Waals surface area contributed by atoms with Crippen molar-refractivity contribution >= 4 is 12.1 Å². The Labute approximate surface area is 64.7 Å². The van der Waals surface area contributed by atoms with Crippen LogP contribution in [0.3, 0.4) is 0 Å². The lowest BCUT2D eigenvalue weighted by atomic mass is 10.2. The molecule has 0 amide bonds. The van der Waals surface area contributed by atoms with E-state index in [0.29, 0.717) is 12.2 Å². The number of carbonyl (C=O) groups excluding carboxylic acids is 1. The van der Waals surface area contributed by atoms with Crippen molar-refractivity contribution in [3.05, 3.63) is 18.1 Å². The second-order valence-corrected chi connectivity index (χ2v) is 2.02. The van der Waals surface area contributed by atoms with Crippen LogP contribution in [0.2, 0.25) is 0 Å². The third-order valence-corrected chi connectivity index (χ3v) is 1.33. The van der Waals surface area contributed by atoms with Gasteiger partial charge in [0.25, 0.3) is 0 Å². The molecule has 0 saturated heterocycles. The molecular weight excluding hydrogens is 142 g/mol. The van der Waals surface area contributed by atoms with Crippen molar-refractivity contribution in [1.82, 2.24) is 9.97 Å². The normalized spacial score (nSPS) is 9.18. The summed E-state index contributed by atoms with van der Waals surface area (Å²) in [6, 6.07) is 0. The molecule has 0 bridgehead atoms. The number of aldehydes is 1. The molecule has 1 aromatic rings. The van der Waals surface area contributed by atoms with Gasteiger partial charge in [0, 0.05) is 25.2 Å². The van der Waals surface area contributed by atoms with E-state index in [2.05, 4.69) is 15.3 Å². The Morgan fingerprint density at radius 1 is 1.73 bits per heavy atom. The Morgan fingerprint density at radius 2 is 2.55 bits per heavy atom. The fraction of sp³-hybridized carbons (Fsp3) is 0.286. The molecule has 1 heterocycles. The average Bonchev–Trinajstić information content (AvgIpc) is 2.06. The SMILES string of the molecule is CNc1ncncc1CC=O. The highest BCUT2D eigenvalue weighted by Gasteiger charge is 1.99. The molecule has 0 aromatic carbocycles. The summed E-state index contributed by atoms with van der Waals surface area (Å²) in [6.45, 7) is 0. The summed E-state index contributed by atoms with van der Waals surface area (Å²) in [4.78, 5) is 17.9. The van der Waals surface area contributed by atoms with Gasteiger partial charge in [0.05, 0.1) is 0 Å². The van der Waals surface area contributed by atoms with Gasteiger partial charge in [-0.05, 0) is 0 Å². The zero-order chi connectivity index (χ0) is 8.10. The summed E-state index contributed by atoms with van der Waals surface area (Å²) < 4.78 is 0. The fourth-order valence-electron chi connectivity index (χ4n) is 0.823. The smallest absolute Gasteiger partial charge is 0.132 e. The Balaban J connectivity index is 2.92. The minimum Gasteiger partial charge on any atom is -0.373 e. The molecule has 0 radical (unpaired) electrons. The Morgan fingerprint density at radius 3 is 3.18 bits per heavy atom. The topological polar surface area (TPSA) is 54.9 Å². The Hall–Kier alpha value is -1.45. The molecule has 11 heavy (non-hydrogen) atoms.